The second kappa shape index (κ2) is 13.7. The van der Waals surface area contributed by atoms with Gasteiger partial charge in [-0.25, -0.2) is 0 Å². The highest BCUT2D eigenvalue weighted by Gasteiger charge is 2.41. The van der Waals surface area contributed by atoms with E-state index in [1.54, 1.807) is 4.91 Å². The Hall–Kier alpha value is -6.59. The molecule has 65 heavy (non-hydrogen) atoms. The van der Waals surface area contributed by atoms with Gasteiger partial charge in [0.25, 0.3) is 0 Å². The summed E-state index contributed by atoms with van der Waals surface area (Å²) in [6.45, 7) is 9.80. The van der Waals surface area contributed by atoms with E-state index in [-0.39, 0.29) is 5.41 Å². The van der Waals surface area contributed by atoms with Crippen molar-refractivity contribution in [3.05, 3.63) is 203 Å². The first-order chi connectivity index (χ1) is 31.5. The highest BCUT2D eigenvalue weighted by atomic mass is 32.3. The van der Waals surface area contributed by atoms with E-state index in [2.05, 4.69) is 231 Å². The molecule has 0 atom stereocenters. The van der Waals surface area contributed by atoms with Crippen molar-refractivity contribution < 1.29 is 0 Å². The SMILES string of the molecule is CC1(C)c2cc(/C=C/c3ccc4ccc5c(N6C7=C(CCC=C7)S(C)(C)c7ccccc76)ccc6ccc3c4c65)ccc2-c2ccc(N3c4ccccc4[Si](C)(C)c4ccccc43)cc21. The highest BCUT2D eigenvalue weighted by molar-refractivity contribution is 8.36. The summed E-state index contributed by atoms with van der Waals surface area (Å²) in [5, 5.41) is 10.9. The minimum absolute atomic E-state index is 0.158. The predicted molar refractivity (Wildman–Crippen MR) is 286 cm³/mol. The number of anilines is 5. The third-order valence-electron chi connectivity index (χ3n) is 15.6. The Morgan fingerprint density at radius 2 is 1.18 bits per heavy atom. The summed E-state index contributed by atoms with van der Waals surface area (Å²) in [5.41, 5.74) is 15.6. The van der Waals surface area contributed by atoms with E-state index >= 15 is 0 Å². The summed E-state index contributed by atoms with van der Waals surface area (Å²) in [6.07, 6.45) is 16.7. The molecule has 13 rings (SSSR count). The Morgan fingerprint density at radius 1 is 0.569 bits per heavy atom. The lowest BCUT2D eigenvalue weighted by Gasteiger charge is -2.47. The van der Waals surface area contributed by atoms with Gasteiger partial charge in [0.1, 0.15) is 8.07 Å². The van der Waals surface area contributed by atoms with E-state index in [0.29, 0.717) is 0 Å². The molecule has 0 bridgehead atoms. The molecule has 0 aromatic heterocycles. The molecule has 0 unspecified atom stereocenters. The van der Waals surface area contributed by atoms with Gasteiger partial charge in [0.2, 0.25) is 0 Å². The lowest BCUT2D eigenvalue weighted by atomic mass is 9.81. The van der Waals surface area contributed by atoms with Gasteiger partial charge < -0.3 is 9.80 Å². The topological polar surface area (TPSA) is 6.48 Å². The Labute approximate surface area is 385 Å². The molecule has 4 heteroatoms. The van der Waals surface area contributed by atoms with E-state index in [9.17, 15) is 0 Å². The molecule has 0 N–H and O–H groups in total. The summed E-state index contributed by atoms with van der Waals surface area (Å²) in [5.74, 6) is 0. The summed E-state index contributed by atoms with van der Waals surface area (Å²) in [6, 6.07) is 60.4. The summed E-state index contributed by atoms with van der Waals surface area (Å²) < 4.78 is 0. The molecule has 0 saturated carbocycles. The van der Waals surface area contributed by atoms with E-state index in [0.717, 1.165) is 12.8 Å². The van der Waals surface area contributed by atoms with Crippen molar-refractivity contribution in [1.29, 1.82) is 0 Å². The zero-order valence-corrected chi connectivity index (χ0v) is 39.9. The Bertz CT molecular complexity index is 3550. The number of hydrogen-bond donors (Lipinski definition) is 0. The monoisotopic (exact) mass is 872 g/mol. The van der Waals surface area contributed by atoms with Gasteiger partial charge in [-0.05, 0) is 149 Å². The fourth-order valence-corrected chi connectivity index (χ4v) is 17.9. The molecule has 0 fully saturated rings. The lowest BCUT2D eigenvalue weighted by molar-refractivity contribution is 0.660. The van der Waals surface area contributed by atoms with Gasteiger partial charge in [0.15, 0.2) is 0 Å². The van der Waals surface area contributed by atoms with Crippen LogP contribution in [-0.2, 0) is 5.41 Å². The first kappa shape index (κ1) is 38.8. The molecule has 0 spiro atoms. The normalized spacial score (nSPS) is 17.9. The minimum Gasteiger partial charge on any atom is -0.311 e. The number of rotatable bonds is 4. The van der Waals surface area contributed by atoms with Crippen LogP contribution in [0, 0.1) is 0 Å². The number of allylic oxidation sites excluding steroid dienone is 3. The molecule has 2 aliphatic carbocycles. The van der Waals surface area contributed by atoms with Crippen molar-refractivity contribution in [1.82, 2.24) is 0 Å². The molecule has 316 valence electrons. The van der Waals surface area contributed by atoms with Crippen LogP contribution in [0.2, 0.25) is 13.1 Å². The van der Waals surface area contributed by atoms with Crippen LogP contribution in [0.1, 0.15) is 48.9 Å². The third kappa shape index (κ3) is 5.41. The number of hydrogen-bond acceptors (Lipinski definition) is 2. The number of benzene rings is 9. The molecular weight excluding hydrogens is 821 g/mol. The maximum atomic E-state index is 2.58. The smallest absolute Gasteiger partial charge is 0.117 e. The average Bonchev–Trinajstić information content (AvgIpc) is 3.55. The van der Waals surface area contributed by atoms with Gasteiger partial charge in [-0.15, -0.1) is 0 Å². The van der Waals surface area contributed by atoms with Crippen LogP contribution >= 0.6 is 10.0 Å². The molecular formula is C61H52N2SSi. The van der Waals surface area contributed by atoms with E-state index in [1.807, 2.05) is 0 Å². The molecule has 9 aromatic carbocycles. The molecule has 2 heterocycles. The minimum atomic E-state index is -1.86. The van der Waals surface area contributed by atoms with Crippen LogP contribution in [0.5, 0.6) is 0 Å². The van der Waals surface area contributed by atoms with Gasteiger partial charge >= 0.3 is 0 Å². The third-order valence-corrected chi connectivity index (χ3v) is 22.2. The first-order valence-electron chi connectivity index (χ1n) is 23.2. The van der Waals surface area contributed by atoms with Crippen LogP contribution in [-0.4, -0.2) is 20.6 Å². The number of para-hydroxylation sites is 3. The van der Waals surface area contributed by atoms with Crippen LogP contribution in [0.4, 0.5) is 28.4 Å². The predicted octanol–water partition coefficient (Wildman–Crippen LogP) is 15.8. The second-order valence-electron chi connectivity index (χ2n) is 20.0. The quantitative estimate of drug-likeness (QED) is 0.0988. The van der Waals surface area contributed by atoms with Gasteiger partial charge in [-0.3, -0.25) is 0 Å². The number of fused-ring (bicyclic) bond motifs is 6. The van der Waals surface area contributed by atoms with Gasteiger partial charge in [0.05, 0.1) is 17.1 Å². The van der Waals surface area contributed by atoms with Crippen LogP contribution < -0.4 is 20.2 Å². The number of nitrogens with zero attached hydrogens (tertiary/aromatic N) is 2. The fraction of sp³-hybridized carbons (Fsp3) is 0.148. The molecule has 4 aliphatic rings. The summed E-state index contributed by atoms with van der Waals surface area (Å²) in [4.78, 5) is 8.19. The average molecular weight is 873 g/mol. The van der Waals surface area contributed by atoms with Crippen molar-refractivity contribution in [2.24, 2.45) is 0 Å². The molecule has 2 nitrogen and oxygen atoms in total. The van der Waals surface area contributed by atoms with Crippen LogP contribution in [0.3, 0.4) is 0 Å². The zero-order valence-electron chi connectivity index (χ0n) is 38.0. The largest absolute Gasteiger partial charge is 0.311 e. The van der Waals surface area contributed by atoms with E-state index < -0.39 is 18.1 Å². The molecule has 2 aliphatic heterocycles. The van der Waals surface area contributed by atoms with Gasteiger partial charge in [-0.1, -0.05) is 160 Å². The van der Waals surface area contributed by atoms with Crippen molar-refractivity contribution >= 4 is 101 Å². The van der Waals surface area contributed by atoms with Crippen LogP contribution in [0.25, 0.3) is 55.6 Å². The molecule has 9 aromatic rings. The van der Waals surface area contributed by atoms with Crippen molar-refractivity contribution in [2.45, 2.75) is 50.1 Å². The first-order valence-corrected chi connectivity index (χ1v) is 28.7. The Balaban J connectivity index is 0.877. The highest BCUT2D eigenvalue weighted by Crippen LogP contribution is 2.67. The van der Waals surface area contributed by atoms with Gasteiger partial charge in [-0.2, -0.15) is 10.0 Å². The molecule has 0 saturated heterocycles. The van der Waals surface area contributed by atoms with Crippen molar-refractivity contribution in [3.63, 3.8) is 0 Å². The van der Waals surface area contributed by atoms with E-state index in [1.165, 1.54) is 115 Å². The fourth-order valence-electron chi connectivity index (χ4n) is 12.2. The second-order valence-corrected chi connectivity index (χ2v) is 27.9. The summed E-state index contributed by atoms with van der Waals surface area (Å²) in [7, 11) is -2.96. The zero-order chi connectivity index (χ0) is 44.0. The standard InChI is InChI=1S/C61H52N2SSi/c1-61(2)48-37-39(24-32-45(48)46-35-31-43(38-49(46)61)62-53-17-9-13-21-57(53)65(5,6)58-22-14-10-18-54(58)62)23-25-40-26-27-41-29-34-47-50(36-30-42-28-33-44(40)59(41)60(42)47)63-51-15-7-11-19-55(51)64(3,4)56-20-12-8-16-52(56)63/h7-11,13-19,21-38H,12,20H2,1-6H3/b25-23+. The maximum Gasteiger partial charge on any atom is 0.117 e. The lowest BCUT2D eigenvalue weighted by Crippen LogP contribution is -2.58. The van der Waals surface area contributed by atoms with Crippen molar-refractivity contribution in [3.8, 4) is 11.1 Å². The molecule has 0 amide bonds. The van der Waals surface area contributed by atoms with Gasteiger partial charge in [0, 0.05) is 32.8 Å². The Kier molecular flexibility index (Phi) is 8.19. The van der Waals surface area contributed by atoms with Crippen LogP contribution in [0.15, 0.2) is 185 Å². The van der Waals surface area contributed by atoms with Crippen molar-refractivity contribution in [2.75, 3.05) is 22.3 Å². The van der Waals surface area contributed by atoms with E-state index in [4.69, 9.17) is 0 Å². The Morgan fingerprint density at radius 3 is 1.94 bits per heavy atom. The summed E-state index contributed by atoms with van der Waals surface area (Å²) >= 11 is 0. The molecule has 0 radical (unpaired) electrons. The maximum absolute atomic E-state index is 2.58.